The lowest BCUT2D eigenvalue weighted by atomic mass is 9.86. The number of para-hydroxylation sites is 1. The fourth-order valence-electron chi connectivity index (χ4n) is 4.20. The number of aliphatic hydroxyl groups excluding tert-OH is 1. The highest BCUT2D eigenvalue weighted by Crippen LogP contribution is 2.48. The Hall–Kier alpha value is -3.17. The molecule has 1 aliphatic heterocycles. The van der Waals surface area contributed by atoms with Crippen molar-refractivity contribution in [2.75, 3.05) is 39.3 Å². The Morgan fingerprint density at radius 2 is 2.05 bits per heavy atom. The lowest BCUT2D eigenvalue weighted by molar-refractivity contribution is -0.148. The molecule has 224 valence electrons. The molecule has 2 aromatic heterocycles. The quantitative estimate of drug-likeness (QED) is 0.163. The predicted molar refractivity (Wildman–Crippen MR) is 143 cm³/mol. The van der Waals surface area contributed by atoms with Gasteiger partial charge in [0.25, 0.3) is 0 Å². The van der Waals surface area contributed by atoms with Gasteiger partial charge >= 0.3 is 13.7 Å². The summed E-state index contributed by atoms with van der Waals surface area (Å²) < 4.78 is 56.7. The van der Waals surface area contributed by atoms with E-state index in [0.717, 1.165) is 6.33 Å². The van der Waals surface area contributed by atoms with Crippen molar-refractivity contribution in [3.8, 4) is 5.75 Å². The molecule has 1 aromatic carbocycles. The van der Waals surface area contributed by atoms with Crippen molar-refractivity contribution < 1.29 is 47.2 Å². The molecule has 0 amide bonds. The van der Waals surface area contributed by atoms with E-state index in [-0.39, 0.29) is 30.0 Å². The number of halogens is 1. The Labute approximate surface area is 235 Å². The number of rotatable bonds is 13. The van der Waals surface area contributed by atoms with Crippen molar-refractivity contribution in [1.29, 1.82) is 0 Å². The molecule has 0 unspecified atom stereocenters. The van der Waals surface area contributed by atoms with E-state index in [0.29, 0.717) is 5.52 Å². The van der Waals surface area contributed by atoms with Crippen LogP contribution in [-0.4, -0.2) is 88.2 Å². The summed E-state index contributed by atoms with van der Waals surface area (Å²) in [5, 5.41) is 29.3. The minimum absolute atomic E-state index is 0.0549. The van der Waals surface area contributed by atoms with Crippen molar-refractivity contribution in [1.82, 2.24) is 19.7 Å². The Kier molecular flexibility index (Phi) is 9.29. The summed E-state index contributed by atoms with van der Waals surface area (Å²) in [6.07, 6.45) is -1.13. The summed E-state index contributed by atoms with van der Waals surface area (Å²) >= 11 is 0. The average molecular weight is 598 g/mol. The van der Waals surface area contributed by atoms with Crippen LogP contribution in [0.1, 0.15) is 19.5 Å². The average Bonchev–Trinajstić information content (AvgIpc) is 3.52. The fourth-order valence-corrected chi connectivity index (χ4v) is 5.75. The summed E-state index contributed by atoms with van der Waals surface area (Å²) in [5.74, 6) is -0.534. The second-order valence-corrected chi connectivity index (χ2v) is 11.4. The zero-order valence-electron chi connectivity index (χ0n) is 22.7. The van der Waals surface area contributed by atoms with Gasteiger partial charge in [-0.1, -0.05) is 18.2 Å². The molecule has 0 bridgehead atoms. The van der Waals surface area contributed by atoms with Crippen molar-refractivity contribution in [2.45, 2.75) is 43.3 Å². The van der Waals surface area contributed by atoms with Gasteiger partial charge in [-0.2, -0.15) is 10.2 Å². The molecular weight excluding hydrogens is 564 g/mol. The fraction of sp³-hybridized carbons (Fsp3) is 0.480. The number of nitrogens with two attached hydrogens (primary N) is 1. The van der Waals surface area contributed by atoms with E-state index in [4.69, 9.17) is 29.0 Å². The van der Waals surface area contributed by atoms with E-state index < -0.39 is 57.0 Å². The third kappa shape index (κ3) is 6.36. The molecular formula is C25H33FN5O9P. The molecule has 6 atom stereocenters. The number of ether oxygens (including phenoxy) is 3. The van der Waals surface area contributed by atoms with Gasteiger partial charge in [0, 0.05) is 7.11 Å². The van der Waals surface area contributed by atoms with Crippen LogP contribution in [0.25, 0.3) is 5.52 Å². The molecule has 4 rings (SSSR count). The van der Waals surface area contributed by atoms with Crippen LogP contribution in [0.2, 0.25) is 0 Å². The topological polar surface area (TPSA) is 189 Å². The van der Waals surface area contributed by atoms with Crippen LogP contribution in [0, 0.1) is 0 Å². The van der Waals surface area contributed by atoms with Crippen molar-refractivity contribution in [2.24, 2.45) is 0 Å². The smallest absolute Gasteiger partial charge is 0.459 e. The standard InChI is InChI=1S/C25H33FN5O9P/c1-16(36-3)11-37-22(32)17(2)30-41(35,40-18-7-5-4-6-8-18)39-13-24(12-26)23(33)25(34,14-38-24)20-10-9-19-21(27)28-15-29-31(19)20/h4-10,15-17,23,33-34H,11-14H2,1-3H3,(H,30,35)(H2,27,28,29)/t16-,17-,23+,24+,25+,41-/m0/s1. The van der Waals surface area contributed by atoms with Crippen molar-refractivity contribution in [3.05, 3.63) is 54.5 Å². The highest BCUT2D eigenvalue weighted by atomic mass is 31.2. The third-order valence-electron chi connectivity index (χ3n) is 6.70. The lowest BCUT2D eigenvalue weighted by Crippen LogP contribution is -2.53. The number of esters is 1. The second kappa shape index (κ2) is 12.4. The molecule has 0 radical (unpaired) electrons. The van der Waals surface area contributed by atoms with Crippen molar-refractivity contribution in [3.63, 3.8) is 0 Å². The molecule has 0 saturated carbocycles. The molecule has 0 spiro atoms. The summed E-state index contributed by atoms with van der Waals surface area (Å²) in [6, 6.07) is 9.72. The van der Waals surface area contributed by atoms with E-state index in [1.807, 2.05) is 0 Å². The van der Waals surface area contributed by atoms with Gasteiger partial charge in [0.05, 0.1) is 25.0 Å². The maximum atomic E-state index is 14.6. The number of nitrogen functional groups attached to an aromatic ring is 1. The number of benzene rings is 1. The molecule has 3 heterocycles. The summed E-state index contributed by atoms with van der Waals surface area (Å²) in [7, 11) is -2.99. The Morgan fingerprint density at radius 1 is 1.32 bits per heavy atom. The Morgan fingerprint density at radius 3 is 2.73 bits per heavy atom. The zero-order valence-corrected chi connectivity index (χ0v) is 23.6. The number of nitrogens with zero attached hydrogens (tertiary/aromatic N) is 3. The number of carbonyl (C=O) groups excluding carboxylic acids is 1. The Bertz CT molecular complexity index is 1400. The molecule has 16 heteroatoms. The Balaban J connectivity index is 1.56. The van der Waals surface area contributed by atoms with Gasteiger partial charge in [-0.3, -0.25) is 9.32 Å². The first kappa shape index (κ1) is 30.8. The van der Waals surface area contributed by atoms with Crippen LogP contribution in [0.3, 0.4) is 0 Å². The van der Waals surface area contributed by atoms with Gasteiger partial charge in [0.2, 0.25) is 0 Å². The van der Waals surface area contributed by atoms with E-state index in [9.17, 15) is 24.0 Å². The lowest BCUT2D eigenvalue weighted by Gasteiger charge is -2.33. The summed E-state index contributed by atoms with van der Waals surface area (Å²) in [6.45, 7) is 0.276. The number of fused-ring (bicyclic) bond motifs is 1. The second-order valence-electron chi connectivity index (χ2n) is 9.68. The molecule has 1 aliphatic rings. The molecule has 5 N–H and O–H groups in total. The summed E-state index contributed by atoms with van der Waals surface area (Å²) in [4.78, 5) is 16.4. The van der Waals surface area contributed by atoms with Crippen LogP contribution in [-0.2, 0) is 33.7 Å². The van der Waals surface area contributed by atoms with Gasteiger partial charge in [-0.05, 0) is 38.1 Å². The maximum absolute atomic E-state index is 14.6. The molecule has 1 fully saturated rings. The zero-order chi connectivity index (χ0) is 29.8. The van der Waals surface area contributed by atoms with E-state index in [1.165, 1.54) is 42.8 Å². The number of aromatic nitrogens is 3. The van der Waals surface area contributed by atoms with Gasteiger partial charge < -0.3 is 34.7 Å². The number of nitrogens with one attached hydrogen (secondary N) is 1. The SMILES string of the molecule is CO[C@@H](C)COC(=O)[C@H](C)N[P@](=O)(OC[C@@]1(CF)OC[C@@](O)(c2ccc3c(N)ncnn23)[C@@H]1O)Oc1ccccc1. The van der Waals surface area contributed by atoms with Gasteiger partial charge in [0.15, 0.2) is 11.4 Å². The molecule has 3 aromatic rings. The number of anilines is 1. The molecule has 1 saturated heterocycles. The number of hydrogen-bond acceptors (Lipinski definition) is 12. The van der Waals surface area contributed by atoms with Crippen LogP contribution >= 0.6 is 7.75 Å². The number of alkyl halides is 1. The van der Waals surface area contributed by atoms with E-state index in [2.05, 4.69) is 15.2 Å². The monoisotopic (exact) mass is 597 g/mol. The van der Waals surface area contributed by atoms with Crippen LogP contribution in [0.5, 0.6) is 5.75 Å². The van der Waals surface area contributed by atoms with Gasteiger partial charge in [-0.15, -0.1) is 0 Å². The number of aliphatic hydroxyl groups is 2. The van der Waals surface area contributed by atoms with Gasteiger partial charge in [-0.25, -0.2) is 18.5 Å². The molecule has 41 heavy (non-hydrogen) atoms. The van der Waals surface area contributed by atoms with Crippen LogP contribution in [0.4, 0.5) is 10.2 Å². The largest absolute Gasteiger partial charge is 0.462 e. The first-order chi connectivity index (χ1) is 19.5. The minimum Gasteiger partial charge on any atom is -0.462 e. The van der Waals surface area contributed by atoms with E-state index in [1.54, 1.807) is 25.1 Å². The third-order valence-corrected chi connectivity index (χ3v) is 8.32. The van der Waals surface area contributed by atoms with E-state index >= 15 is 0 Å². The maximum Gasteiger partial charge on any atom is 0.459 e. The minimum atomic E-state index is -4.45. The molecule has 0 aliphatic carbocycles. The first-order valence-electron chi connectivity index (χ1n) is 12.6. The normalized spacial score (nSPS) is 25.5. The van der Waals surface area contributed by atoms with Gasteiger partial charge in [0.1, 0.15) is 48.6 Å². The first-order valence-corrected chi connectivity index (χ1v) is 14.2. The number of hydrogen-bond donors (Lipinski definition) is 4. The predicted octanol–water partition coefficient (Wildman–Crippen LogP) is 1.36. The number of carbonyl (C=O) groups is 1. The highest BCUT2D eigenvalue weighted by Gasteiger charge is 2.60. The number of methoxy groups -OCH3 is 1. The molecule has 14 nitrogen and oxygen atoms in total. The summed E-state index contributed by atoms with van der Waals surface area (Å²) in [5.41, 5.74) is 1.95. The van der Waals surface area contributed by atoms with Crippen molar-refractivity contribution >= 4 is 25.1 Å². The van der Waals surface area contributed by atoms with Crippen LogP contribution in [0.15, 0.2) is 48.8 Å². The highest BCUT2D eigenvalue weighted by molar-refractivity contribution is 7.52. The van der Waals surface area contributed by atoms with Crippen LogP contribution < -0.4 is 15.3 Å².